The molecule has 1 N–H and O–H groups in total. The first-order chi connectivity index (χ1) is 11.4. The predicted molar refractivity (Wildman–Crippen MR) is 88.7 cm³/mol. The van der Waals surface area contributed by atoms with Crippen LogP contribution in [-0.2, 0) is 11.0 Å². The average Bonchev–Trinajstić information content (AvgIpc) is 2.94. The van der Waals surface area contributed by atoms with E-state index in [4.69, 9.17) is 0 Å². The Morgan fingerprint density at radius 1 is 1.12 bits per heavy atom. The van der Waals surface area contributed by atoms with Crippen LogP contribution in [0.2, 0.25) is 0 Å². The van der Waals surface area contributed by atoms with Crippen molar-refractivity contribution >= 4 is 38.7 Å². The highest BCUT2D eigenvalue weighted by Crippen LogP contribution is 2.30. The van der Waals surface area contributed by atoms with E-state index in [2.05, 4.69) is 10.3 Å². The molecule has 1 heterocycles. The Hall–Kier alpha value is -2.67. The summed E-state index contributed by atoms with van der Waals surface area (Å²) in [5, 5.41) is 3.05. The third-order valence-corrected chi connectivity index (χ3v) is 4.12. The van der Waals surface area contributed by atoms with E-state index in [1.165, 1.54) is 35.6 Å². The van der Waals surface area contributed by atoms with Gasteiger partial charge in [-0.05, 0) is 35.9 Å². The Balaban J connectivity index is 1.71. The number of fused-ring (bicyclic) bond motifs is 1. The molecule has 24 heavy (non-hydrogen) atoms. The van der Waals surface area contributed by atoms with Gasteiger partial charge in [-0.1, -0.05) is 35.6 Å². The highest BCUT2D eigenvalue weighted by Gasteiger charge is 2.30. The number of thiazole rings is 1. The fraction of sp³-hybridized carbons (Fsp3) is 0.0588. The average molecular weight is 348 g/mol. The van der Waals surface area contributed by atoms with Crippen LogP contribution in [0.25, 0.3) is 16.3 Å². The SMILES string of the molecule is O=C(C=Cc1cccc(C(F)(F)F)c1)Nc1nc2ccccc2s1. The van der Waals surface area contributed by atoms with Gasteiger partial charge in [0.25, 0.3) is 0 Å². The number of amides is 1. The van der Waals surface area contributed by atoms with Gasteiger partial charge in [0, 0.05) is 6.08 Å². The summed E-state index contributed by atoms with van der Waals surface area (Å²) in [6.45, 7) is 0. The van der Waals surface area contributed by atoms with E-state index in [-0.39, 0.29) is 0 Å². The lowest BCUT2D eigenvalue weighted by Gasteiger charge is -2.06. The quantitative estimate of drug-likeness (QED) is 0.679. The number of aromatic nitrogens is 1. The summed E-state index contributed by atoms with van der Waals surface area (Å²) in [5.41, 5.74) is 0.320. The maximum absolute atomic E-state index is 12.6. The van der Waals surface area contributed by atoms with E-state index < -0.39 is 17.6 Å². The van der Waals surface area contributed by atoms with Gasteiger partial charge in [-0.15, -0.1) is 0 Å². The molecule has 122 valence electrons. The number of anilines is 1. The normalized spacial score (nSPS) is 12.0. The van der Waals surface area contributed by atoms with Crippen LogP contribution in [-0.4, -0.2) is 10.9 Å². The fourth-order valence-electron chi connectivity index (χ4n) is 2.06. The summed E-state index contributed by atoms with van der Waals surface area (Å²) in [6, 6.07) is 12.2. The molecule has 0 aliphatic carbocycles. The van der Waals surface area contributed by atoms with Crippen molar-refractivity contribution in [2.75, 3.05) is 5.32 Å². The fourth-order valence-corrected chi connectivity index (χ4v) is 2.93. The number of hydrogen-bond acceptors (Lipinski definition) is 3. The summed E-state index contributed by atoms with van der Waals surface area (Å²) in [4.78, 5) is 16.1. The molecule has 2 aromatic carbocycles. The number of alkyl halides is 3. The number of rotatable bonds is 3. The van der Waals surface area contributed by atoms with Gasteiger partial charge in [-0.25, -0.2) is 4.98 Å². The maximum atomic E-state index is 12.6. The zero-order valence-corrected chi connectivity index (χ0v) is 13.0. The second-order valence-electron chi connectivity index (χ2n) is 4.93. The van der Waals surface area contributed by atoms with E-state index in [1.807, 2.05) is 24.3 Å². The van der Waals surface area contributed by atoms with Crippen LogP contribution < -0.4 is 5.32 Å². The van der Waals surface area contributed by atoms with Crippen LogP contribution in [0, 0.1) is 0 Å². The number of carbonyl (C=O) groups excluding carboxylic acids is 1. The third-order valence-electron chi connectivity index (χ3n) is 3.17. The van der Waals surface area contributed by atoms with Crippen LogP contribution in [0.5, 0.6) is 0 Å². The van der Waals surface area contributed by atoms with Crippen molar-refractivity contribution < 1.29 is 18.0 Å². The molecule has 3 nitrogen and oxygen atoms in total. The lowest BCUT2D eigenvalue weighted by Crippen LogP contribution is -2.07. The molecule has 3 aromatic rings. The van der Waals surface area contributed by atoms with Gasteiger partial charge < -0.3 is 0 Å². The molecule has 3 rings (SSSR count). The summed E-state index contributed by atoms with van der Waals surface area (Å²) < 4.78 is 38.9. The van der Waals surface area contributed by atoms with E-state index >= 15 is 0 Å². The van der Waals surface area contributed by atoms with Crippen LogP contribution in [0.4, 0.5) is 18.3 Å². The van der Waals surface area contributed by atoms with Gasteiger partial charge in [0.05, 0.1) is 15.8 Å². The van der Waals surface area contributed by atoms with Crippen molar-refractivity contribution in [2.45, 2.75) is 6.18 Å². The zero-order valence-electron chi connectivity index (χ0n) is 12.2. The monoisotopic (exact) mass is 348 g/mol. The van der Waals surface area contributed by atoms with E-state index in [1.54, 1.807) is 0 Å². The van der Waals surface area contributed by atoms with Gasteiger partial charge in [0.15, 0.2) is 5.13 Å². The smallest absolute Gasteiger partial charge is 0.298 e. The van der Waals surface area contributed by atoms with E-state index in [9.17, 15) is 18.0 Å². The molecule has 0 radical (unpaired) electrons. The number of nitrogens with zero attached hydrogens (tertiary/aromatic N) is 1. The summed E-state index contributed by atoms with van der Waals surface area (Å²) in [7, 11) is 0. The van der Waals surface area contributed by atoms with Crippen molar-refractivity contribution in [3.05, 3.63) is 65.7 Å². The number of nitrogens with one attached hydrogen (secondary N) is 1. The number of hydrogen-bond donors (Lipinski definition) is 1. The van der Waals surface area contributed by atoms with Gasteiger partial charge in [-0.2, -0.15) is 13.2 Å². The predicted octanol–water partition coefficient (Wildman–Crippen LogP) is 4.97. The first-order valence-electron chi connectivity index (χ1n) is 6.94. The van der Waals surface area contributed by atoms with Crippen LogP contribution in [0.3, 0.4) is 0 Å². The molecule has 0 saturated carbocycles. The standard InChI is InChI=1S/C17H11F3N2OS/c18-17(19,20)12-5-3-4-11(10-12)8-9-15(23)22-16-21-13-6-1-2-7-14(13)24-16/h1-10H,(H,21,22,23). The molecule has 0 atom stereocenters. The Morgan fingerprint density at radius 2 is 1.92 bits per heavy atom. The maximum Gasteiger partial charge on any atom is 0.416 e. The molecule has 1 aromatic heterocycles. The molecule has 0 aliphatic rings. The first-order valence-corrected chi connectivity index (χ1v) is 7.75. The van der Waals surface area contributed by atoms with Crippen molar-refractivity contribution in [3.63, 3.8) is 0 Å². The largest absolute Gasteiger partial charge is 0.416 e. The van der Waals surface area contributed by atoms with E-state index in [0.717, 1.165) is 22.3 Å². The van der Waals surface area contributed by atoms with Gasteiger partial charge in [0.1, 0.15) is 0 Å². The topological polar surface area (TPSA) is 42.0 Å². The lowest BCUT2D eigenvalue weighted by molar-refractivity contribution is -0.137. The molecule has 0 bridgehead atoms. The van der Waals surface area contributed by atoms with Gasteiger partial charge >= 0.3 is 6.18 Å². The number of carbonyl (C=O) groups is 1. The molecule has 7 heteroatoms. The van der Waals surface area contributed by atoms with Crippen molar-refractivity contribution in [2.24, 2.45) is 0 Å². The molecule has 0 fully saturated rings. The highest BCUT2D eigenvalue weighted by atomic mass is 32.1. The minimum Gasteiger partial charge on any atom is -0.298 e. The second-order valence-corrected chi connectivity index (χ2v) is 5.96. The Bertz CT molecular complexity index is 882. The summed E-state index contributed by atoms with van der Waals surface area (Å²) in [5.74, 6) is -0.452. The van der Waals surface area contributed by atoms with Crippen LogP contribution in [0.1, 0.15) is 11.1 Å². The Morgan fingerprint density at radius 3 is 2.67 bits per heavy atom. The highest BCUT2D eigenvalue weighted by molar-refractivity contribution is 7.22. The van der Waals surface area contributed by atoms with Crippen LogP contribution in [0.15, 0.2) is 54.6 Å². The molecule has 1 amide bonds. The first kappa shape index (κ1) is 16.2. The molecule has 0 aliphatic heterocycles. The summed E-state index contributed by atoms with van der Waals surface area (Å²) in [6.07, 6.45) is -1.90. The number of halogens is 3. The summed E-state index contributed by atoms with van der Waals surface area (Å²) >= 11 is 1.33. The lowest BCUT2D eigenvalue weighted by atomic mass is 10.1. The molecular weight excluding hydrogens is 337 g/mol. The second kappa shape index (κ2) is 6.45. The van der Waals surface area contributed by atoms with Crippen molar-refractivity contribution in [1.29, 1.82) is 0 Å². The molecular formula is C17H11F3N2OS. The van der Waals surface area contributed by atoms with Gasteiger partial charge in [-0.3, -0.25) is 10.1 Å². The molecule has 0 unspecified atom stereocenters. The minimum atomic E-state index is -4.41. The Kier molecular flexibility index (Phi) is 4.35. The van der Waals surface area contributed by atoms with Crippen LogP contribution >= 0.6 is 11.3 Å². The van der Waals surface area contributed by atoms with Gasteiger partial charge in [0.2, 0.25) is 5.91 Å². The van der Waals surface area contributed by atoms with Crippen molar-refractivity contribution in [1.82, 2.24) is 4.98 Å². The number of benzene rings is 2. The number of para-hydroxylation sites is 1. The minimum absolute atomic E-state index is 0.296. The molecule has 0 spiro atoms. The zero-order chi connectivity index (χ0) is 17.2. The Labute approximate surface area is 139 Å². The third kappa shape index (κ3) is 3.80. The van der Waals surface area contributed by atoms with E-state index in [0.29, 0.717) is 10.7 Å². The molecule has 0 saturated heterocycles. The van der Waals surface area contributed by atoms with Crippen molar-refractivity contribution in [3.8, 4) is 0 Å².